The van der Waals surface area contributed by atoms with Gasteiger partial charge in [-0.25, -0.2) is 18.0 Å². The molecule has 15 heteroatoms. The molecule has 0 saturated carbocycles. The fraction of sp³-hybridized carbons (Fsp3) is 0.214. The maximum Gasteiger partial charge on any atom is 0.220 e. The number of nitrogens with one attached hydrogen (secondary N) is 3. The van der Waals surface area contributed by atoms with Gasteiger partial charge in [-0.3, -0.25) is 19.2 Å². The molecule has 0 aliphatic rings. The van der Waals surface area contributed by atoms with Gasteiger partial charge in [0.1, 0.15) is 12.9 Å². The van der Waals surface area contributed by atoms with Crippen molar-refractivity contribution in [2.24, 2.45) is 5.16 Å². The van der Waals surface area contributed by atoms with Crippen LogP contribution in [-0.4, -0.2) is 53.4 Å². The zero-order valence-electron chi connectivity index (χ0n) is 14.8. The molecule has 12 nitrogen and oxygen atoms in total. The summed E-state index contributed by atoms with van der Waals surface area (Å²) < 4.78 is 34.2. The largest absolute Gasteiger partial charge is 0.397 e. The number of benzene rings is 1. The molecule has 1 aromatic carbocycles. The average molecular weight is 492 g/mol. The summed E-state index contributed by atoms with van der Waals surface area (Å²) in [5.41, 5.74) is 0.307. The second-order valence-corrected chi connectivity index (χ2v) is 6.87. The van der Waals surface area contributed by atoms with Crippen molar-refractivity contribution in [3.05, 3.63) is 34.2 Å². The van der Waals surface area contributed by atoms with Gasteiger partial charge in [0.2, 0.25) is 24.5 Å². The monoisotopic (exact) mass is 491 g/mol. The summed E-state index contributed by atoms with van der Waals surface area (Å²) in [6.45, 7) is 0.385. The summed E-state index contributed by atoms with van der Waals surface area (Å²) in [6.07, 6.45) is 0.733. The Labute approximate surface area is 174 Å². The number of carbonyl (C=O) groups is 2. The molecule has 1 unspecified atom stereocenters. The Balaban J connectivity index is 2.20. The van der Waals surface area contributed by atoms with Crippen molar-refractivity contribution < 1.29 is 27.7 Å². The maximum absolute atomic E-state index is 13.5. The van der Waals surface area contributed by atoms with E-state index in [1.165, 1.54) is 25.3 Å². The van der Waals surface area contributed by atoms with Gasteiger partial charge < -0.3 is 10.2 Å². The molecule has 0 aliphatic carbocycles. The van der Waals surface area contributed by atoms with Crippen molar-refractivity contribution in [3.63, 3.8) is 0 Å². The molecule has 0 aliphatic heterocycles. The zero-order chi connectivity index (χ0) is 21.2. The first-order valence-corrected chi connectivity index (χ1v) is 9.68. The van der Waals surface area contributed by atoms with Gasteiger partial charge in [0.15, 0.2) is 16.9 Å². The smallest absolute Gasteiger partial charge is 0.220 e. The van der Waals surface area contributed by atoms with E-state index in [4.69, 9.17) is 9.47 Å². The first-order valence-electron chi connectivity index (χ1n) is 7.74. The van der Waals surface area contributed by atoms with E-state index in [2.05, 4.69) is 41.4 Å². The van der Waals surface area contributed by atoms with Crippen LogP contribution in [-0.2, 0) is 25.6 Å². The Hall–Kier alpha value is -2.91. The number of nitrogens with zero attached hydrogens (tertiary/aromatic N) is 4. The van der Waals surface area contributed by atoms with Gasteiger partial charge in [-0.05, 0) is 44.4 Å². The van der Waals surface area contributed by atoms with Gasteiger partial charge in [0, 0.05) is 13.1 Å². The molecule has 0 spiro atoms. The lowest BCUT2D eigenvalue weighted by Gasteiger charge is -2.18. The molecule has 1 aromatic heterocycles. The molecule has 29 heavy (non-hydrogen) atoms. The van der Waals surface area contributed by atoms with Crippen LogP contribution in [0.1, 0.15) is 5.69 Å². The Morgan fingerprint density at radius 3 is 2.86 bits per heavy atom. The fourth-order valence-corrected chi connectivity index (χ4v) is 2.84. The number of anilines is 2. The van der Waals surface area contributed by atoms with Crippen LogP contribution >= 0.6 is 15.9 Å². The third-order valence-electron chi connectivity index (χ3n) is 3.20. The summed E-state index contributed by atoms with van der Waals surface area (Å²) in [5.74, 6) is -0.474. The molecular weight excluding hydrogens is 477 g/mol. The Kier molecular flexibility index (Phi) is 8.63. The summed E-state index contributed by atoms with van der Waals surface area (Å²) in [5, 5.41) is 14.1. The molecule has 2 rings (SSSR count). The Bertz CT molecular complexity index is 912. The van der Waals surface area contributed by atoms with Crippen molar-refractivity contribution in [2.75, 3.05) is 30.4 Å². The van der Waals surface area contributed by atoms with Crippen LogP contribution in [0.2, 0.25) is 0 Å². The molecule has 3 N–H and O–H groups in total. The van der Waals surface area contributed by atoms with Crippen molar-refractivity contribution in [1.82, 2.24) is 19.8 Å². The lowest BCUT2D eigenvalue weighted by molar-refractivity contribution is -0.108. The van der Waals surface area contributed by atoms with Crippen molar-refractivity contribution in [1.29, 1.82) is 0 Å². The van der Waals surface area contributed by atoms with Crippen LogP contribution in [0, 0.1) is 5.82 Å². The van der Waals surface area contributed by atoms with Gasteiger partial charge in [0.05, 0.1) is 10.2 Å². The van der Waals surface area contributed by atoms with E-state index >= 15 is 0 Å². The number of carbonyl (C=O) groups excluding carboxylic acids is 2. The van der Waals surface area contributed by atoms with Gasteiger partial charge >= 0.3 is 0 Å². The number of oxime groups is 1. The molecule has 1 atom stereocenters. The van der Waals surface area contributed by atoms with E-state index in [1.54, 1.807) is 0 Å². The van der Waals surface area contributed by atoms with E-state index in [0.717, 1.165) is 4.90 Å². The molecule has 2 aromatic rings. The fourth-order valence-electron chi connectivity index (χ4n) is 2.02. The molecule has 2 amide bonds. The van der Waals surface area contributed by atoms with Gasteiger partial charge in [-0.15, -0.1) is 0 Å². The van der Waals surface area contributed by atoms with Crippen molar-refractivity contribution >= 4 is 57.3 Å². The molecule has 0 fully saturated rings. The second-order valence-electron chi connectivity index (χ2n) is 4.96. The highest BCUT2D eigenvalue weighted by Gasteiger charge is 2.25. The first-order chi connectivity index (χ1) is 14.0. The topological polar surface area (TPSA) is 151 Å². The normalized spacial score (nSPS) is 12.2. The molecule has 156 valence electrons. The van der Waals surface area contributed by atoms with Crippen LogP contribution in [0.25, 0.3) is 0 Å². The van der Waals surface area contributed by atoms with Gasteiger partial charge in [0.25, 0.3) is 0 Å². The number of amides is 2. The predicted octanol–water partition coefficient (Wildman–Crippen LogP) is 0.268. The van der Waals surface area contributed by atoms with Crippen molar-refractivity contribution in [3.8, 4) is 0 Å². The van der Waals surface area contributed by atoms with Gasteiger partial charge in [-0.2, -0.15) is 0 Å². The minimum atomic E-state index is -1.72. The number of aromatic nitrogens is 2. The highest BCUT2D eigenvalue weighted by atomic mass is 79.9. The molecule has 0 saturated heterocycles. The SMILES string of the molecule is CO/N=C(/c1nonc1NCCNS(=O)NC=O)N(C=O)c1ccc(F)c(Br)c1. The molecule has 0 radical (unpaired) electrons. The summed E-state index contributed by atoms with van der Waals surface area (Å²) in [4.78, 5) is 27.8. The predicted molar refractivity (Wildman–Crippen MR) is 104 cm³/mol. The Morgan fingerprint density at radius 2 is 2.21 bits per heavy atom. The van der Waals surface area contributed by atoms with Crippen LogP contribution in [0.5, 0.6) is 0 Å². The molecule has 0 bridgehead atoms. The highest BCUT2D eigenvalue weighted by molar-refractivity contribution is 9.10. The van der Waals surface area contributed by atoms with Crippen LogP contribution in [0.3, 0.4) is 0 Å². The number of hydrogen-bond donors (Lipinski definition) is 3. The zero-order valence-corrected chi connectivity index (χ0v) is 17.2. The summed E-state index contributed by atoms with van der Waals surface area (Å²) in [6, 6.07) is 3.90. The van der Waals surface area contributed by atoms with E-state index in [0.29, 0.717) is 12.8 Å². The number of amidine groups is 1. The van der Waals surface area contributed by atoms with E-state index < -0.39 is 17.0 Å². The third-order valence-corrected chi connectivity index (χ3v) is 4.58. The van der Waals surface area contributed by atoms with E-state index in [1.807, 2.05) is 4.72 Å². The standard InChI is InChI=1S/C14H15BrFN7O5S/c1-27-22-14(23(8-25)9-2-3-11(16)10(15)6-9)12-13(21-28-20-12)17-4-5-18-29(26)19-7-24/h2-3,6-8,18H,4-5H2,1H3,(H,17,21)(H,19,24)/b22-14-. The summed E-state index contributed by atoms with van der Waals surface area (Å²) >= 11 is 1.33. The van der Waals surface area contributed by atoms with Crippen LogP contribution < -0.4 is 19.7 Å². The third kappa shape index (κ3) is 6.03. The van der Waals surface area contributed by atoms with E-state index in [-0.39, 0.29) is 40.6 Å². The minimum Gasteiger partial charge on any atom is -0.397 e. The van der Waals surface area contributed by atoms with Crippen molar-refractivity contribution in [2.45, 2.75) is 0 Å². The van der Waals surface area contributed by atoms with E-state index in [9.17, 15) is 18.2 Å². The Morgan fingerprint density at radius 1 is 1.41 bits per heavy atom. The first kappa shape index (κ1) is 22.4. The molecule has 1 heterocycles. The maximum atomic E-state index is 13.5. The number of rotatable bonds is 11. The summed E-state index contributed by atoms with van der Waals surface area (Å²) in [7, 11) is 1.27. The minimum absolute atomic E-state index is 0.0338. The van der Waals surface area contributed by atoms with Crippen LogP contribution in [0.15, 0.2) is 32.5 Å². The molecular formula is C14H15BrFN7O5S. The lowest BCUT2D eigenvalue weighted by Crippen LogP contribution is -2.33. The second kappa shape index (κ2) is 11.2. The van der Waals surface area contributed by atoms with Gasteiger partial charge in [-0.1, -0.05) is 5.16 Å². The quantitative estimate of drug-likeness (QED) is 0.133. The number of halogens is 2. The highest BCUT2D eigenvalue weighted by Crippen LogP contribution is 2.25. The van der Waals surface area contributed by atoms with Crippen LogP contribution in [0.4, 0.5) is 15.9 Å². The average Bonchev–Trinajstić information content (AvgIpc) is 3.16. The number of hydrogen-bond acceptors (Lipinski definition) is 9. The lowest BCUT2D eigenvalue weighted by atomic mass is 10.2.